The number of rotatable bonds is 4. The quantitative estimate of drug-likeness (QED) is 0.735. The zero-order chi connectivity index (χ0) is 17.2. The minimum Gasteiger partial charge on any atom is -0.298 e. The van der Waals surface area contributed by atoms with Gasteiger partial charge in [-0.05, 0) is 38.4 Å². The number of benzene rings is 1. The Balaban J connectivity index is 1.52. The second kappa shape index (κ2) is 6.80. The molecule has 2 aromatic heterocycles. The van der Waals surface area contributed by atoms with Crippen molar-refractivity contribution >= 4 is 0 Å². The predicted molar refractivity (Wildman–Crippen MR) is 96.6 cm³/mol. The molecule has 6 nitrogen and oxygen atoms in total. The maximum Gasteiger partial charge on any atom is 0.141 e. The SMILES string of the molecule is Cc1nn(C)cc1CN1CCCC(c2nncn2-c2ccccc2)C1. The highest BCUT2D eigenvalue weighted by Gasteiger charge is 2.26. The van der Waals surface area contributed by atoms with Crippen LogP contribution < -0.4 is 0 Å². The third-order valence-corrected chi connectivity index (χ3v) is 4.99. The third-order valence-electron chi connectivity index (χ3n) is 4.99. The molecule has 0 amide bonds. The molecular weight excluding hydrogens is 312 g/mol. The lowest BCUT2D eigenvalue weighted by molar-refractivity contribution is 0.195. The topological polar surface area (TPSA) is 51.8 Å². The fourth-order valence-electron chi connectivity index (χ4n) is 3.76. The van der Waals surface area contributed by atoms with E-state index in [2.05, 4.69) is 62.1 Å². The monoisotopic (exact) mass is 336 g/mol. The molecule has 4 rings (SSSR count). The lowest BCUT2D eigenvalue weighted by Gasteiger charge is -2.32. The van der Waals surface area contributed by atoms with Crippen molar-refractivity contribution in [2.45, 2.75) is 32.2 Å². The number of hydrogen-bond donors (Lipinski definition) is 0. The van der Waals surface area contributed by atoms with Gasteiger partial charge in [-0.1, -0.05) is 18.2 Å². The molecule has 0 aliphatic carbocycles. The normalized spacial score (nSPS) is 18.6. The van der Waals surface area contributed by atoms with Gasteiger partial charge in [-0.15, -0.1) is 10.2 Å². The Morgan fingerprint density at radius 1 is 1.20 bits per heavy atom. The van der Waals surface area contributed by atoms with Crippen molar-refractivity contribution in [3.8, 4) is 5.69 Å². The lowest BCUT2D eigenvalue weighted by Crippen LogP contribution is -2.35. The van der Waals surface area contributed by atoms with Gasteiger partial charge in [-0.3, -0.25) is 14.1 Å². The van der Waals surface area contributed by atoms with E-state index in [0.717, 1.165) is 43.3 Å². The van der Waals surface area contributed by atoms with E-state index in [-0.39, 0.29) is 0 Å². The van der Waals surface area contributed by atoms with Crippen LogP contribution in [0.4, 0.5) is 0 Å². The van der Waals surface area contributed by atoms with Gasteiger partial charge in [0.25, 0.3) is 0 Å². The molecule has 1 atom stereocenters. The summed E-state index contributed by atoms with van der Waals surface area (Å²) in [4.78, 5) is 2.52. The van der Waals surface area contributed by atoms with E-state index >= 15 is 0 Å². The minimum absolute atomic E-state index is 0.411. The van der Waals surface area contributed by atoms with Gasteiger partial charge in [0.1, 0.15) is 12.2 Å². The molecule has 1 aromatic carbocycles. The maximum absolute atomic E-state index is 4.46. The van der Waals surface area contributed by atoms with Crippen LogP contribution in [0.3, 0.4) is 0 Å². The fourth-order valence-corrected chi connectivity index (χ4v) is 3.76. The van der Waals surface area contributed by atoms with Gasteiger partial charge in [0, 0.05) is 43.5 Å². The van der Waals surface area contributed by atoms with E-state index in [1.54, 1.807) is 0 Å². The molecular formula is C19H24N6. The highest BCUT2D eigenvalue weighted by molar-refractivity contribution is 5.32. The number of para-hydroxylation sites is 1. The van der Waals surface area contributed by atoms with Crippen molar-refractivity contribution in [1.82, 2.24) is 29.4 Å². The first-order chi connectivity index (χ1) is 12.2. The molecule has 1 saturated heterocycles. The molecule has 25 heavy (non-hydrogen) atoms. The maximum atomic E-state index is 4.46. The van der Waals surface area contributed by atoms with Gasteiger partial charge >= 0.3 is 0 Å². The Kier molecular flexibility index (Phi) is 4.36. The van der Waals surface area contributed by atoms with Crippen LogP contribution in [0.15, 0.2) is 42.9 Å². The summed E-state index contributed by atoms with van der Waals surface area (Å²) < 4.78 is 4.03. The summed E-state index contributed by atoms with van der Waals surface area (Å²) in [6.07, 6.45) is 6.31. The number of piperidine rings is 1. The van der Waals surface area contributed by atoms with Crippen molar-refractivity contribution in [1.29, 1.82) is 0 Å². The third kappa shape index (κ3) is 3.35. The lowest BCUT2D eigenvalue weighted by atomic mass is 9.96. The Morgan fingerprint density at radius 2 is 2.04 bits per heavy atom. The second-order valence-electron chi connectivity index (χ2n) is 6.88. The van der Waals surface area contributed by atoms with Crippen LogP contribution in [0.2, 0.25) is 0 Å². The number of aryl methyl sites for hydroxylation is 2. The smallest absolute Gasteiger partial charge is 0.141 e. The molecule has 3 aromatic rings. The molecule has 3 heterocycles. The van der Waals surface area contributed by atoms with Gasteiger partial charge in [0.15, 0.2) is 0 Å². The number of aromatic nitrogens is 5. The summed E-state index contributed by atoms with van der Waals surface area (Å²) in [5.41, 5.74) is 3.56. The summed E-state index contributed by atoms with van der Waals surface area (Å²) in [7, 11) is 1.98. The minimum atomic E-state index is 0.411. The first-order valence-corrected chi connectivity index (χ1v) is 8.87. The van der Waals surface area contributed by atoms with Gasteiger partial charge in [0.05, 0.1) is 5.69 Å². The molecule has 0 N–H and O–H groups in total. The van der Waals surface area contributed by atoms with Crippen molar-refractivity contribution in [3.05, 3.63) is 59.9 Å². The first-order valence-electron chi connectivity index (χ1n) is 8.87. The highest BCUT2D eigenvalue weighted by Crippen LogP contribution is 2.28. The molecule has 130 valence electrons. The highest BCUT2D eigenvalue weighted by atomic mass is 15.3. The Hall–Kier alpha value is -2.47. The van der Waals surface area contributed by atoms with E-state index in [1.807, 2.05) is 24.1 Å². The summed E-state index contributed by atoms with van der Waals surface area (Å²) in [6.45, 7) is 5.18. The standard InChI is InChI=1S/C19H24N6/c1-15-17(11-23(2)22-15)13-24-10-6-7-16(12-24)19-21-20-14-25(19)18-8-4-3-5-9-18/h3-5,8-9,11,14,16H,6-7,10,12-13H2,1-2H3. The van der Waals surface area contributed by atoms with E-state index < -0.39 is 0 Å². The Labute approximate surface area is 148 Å². The summed E-state index contributed by atoms with van der Waals surface area (Å²) in [6, 6.07) is 10.3. The average Bonchev–Trinajstić information content (AvgIpc) is 3.23. The van der Waals surface area contributed by atoms with E-state index in [9.17, 15) is 0 Å². The molecule has 1 aliphatic rings. The molecule has 0 bridgehead atoms. The Morgan fingerprint density at radius 3 is 2.80 bits per heavy atom. The van der Waals surface area contributed by atoms with E-state index in [0.29, 0.717) is 5.92 Å². The van der Waals surface area contributed by atoms with Crippen molar-refractivity contribution in [2.75, 3.05) is 13.1 Å². The zero-order valence-electron chi connectivity index (χ0n) is 14.8. The number of nitrogens with zero attached hydrogens (tertiary/aromatic N) is 6. The predicted octanol–water partition coefficient (Wildman–Crippen LogP) is 2.69. The van der Waals surface area contributed by atoms with Crippen LogP contribution in [-0.2, 0) is 13.6 Å². The van der Waals surface area contributed by atoms with Gasteiger partial charge in [0.2, 0.25) is 0 Å². The molecule has 6 heteroatoms. The molecule has 1 fully saturated rings. The van der Waals surface area contributed by atoms with Gasteiger partial charge in [-0.25, -0.2) is 0 Å². The van der Waals surface area contributed by atoms with E-state index in [1.165, 1.54) is 12.0 Å². The molecule has 0 radical (unpaired) electrons. The first kappa shape index (κ1) is 16.0. The fraction of sp³-hybridized carbons (Fsp3) is 0.421. The number of likely N-dealkylation sites (tertiary alicyclic amines) is 1. The van der Waals surface area contributed by atoms with E-state index in [4.69, 9.17) is 0 Å². The molecule has 1 unspecified atom stereocenters. The summed E-state index contributed by atoms with van der Waals surface area (Å²) in [5.74, 6) is 1.48. The summed E-state index contributed by atoms with van der Waals surface area (Å²) >= 11 is 0. The summed E-state index contributed by atoms with van der Waals surface area (Å²) in [5, 5.41) is 13.1. The van der Waals surface area contributed by atoms with Crippen LogP contribution in [-0.4, -0.2) is 42.5 Å². The molecule has 0 spiro atoms. The largest absolute Gasteiger partial charge is 0.298 e. The van der Waals surface area contributed by atoms with Gasteiger partial charge < -0.3 is 0 Å². The average molecular weight is 336 g/mol. The number of hydrogen-bond acceptors (Lipinski definition) is 4. The van der Waals surface area contributed by atoms with Crippen LogP contribution in [0.1, 0.15) is 35.8 Å². The zero-order valence-corrected chi connectivity index (χ0v) is 14.8. The van der Waals surface area contributed by atoms with Crippen molar-refractivity contribution in [3.63, 3.8) is 0 Å². The molecule has 1 aliphatic heterocycles. The molecule has 0 saturated carbocycles. The van der Waals surface area contributed by atoms with Crippen LogP contribution >= 0.6 is 0 Å². The van der Waals surface area contributed by atoms with Crippen LogP contribution in [0, 0.1) is 6.92 Å². The van der Waals surface area contributed by atoms with Crippen molar-refractivity contribution in [2.24, 2.45) is 7.05 Å². The Bertz CT molecular complexity index is 835. The van der Waals surface area contributed by atoms with Crippen LogP contribution in [0.25, 0.3) is 5.69 Å². The van der Waals surface area contributed by atoms with Gasteiger partial charge in [-0.2, -0.15) is 5.10 Å². The van der Waals surface area contributed by atoms with Crippen molar-refractivity contribution < 1.29 is 0 Å². The second-order valence-corrected chi connectivity index (χ2v) is 6.88. The van der Waals surface area contributed by atoms with Crippen LogP contribution in [0.5, 0.6) is 0 Å².